The van der Waals surface area contributed by atoms with E-state index >= 15 is 0 Å². The van der Waals surface area contributed by atoms with Gasteiger partial charge < -0.3 is 5.32 Å². The molecule has 1 N–H and O–H groups in total. The summed E-state index contributed by atoms with van der Waals surface area (Å²) in [5.74, 6) is 2.47. The summed E-state index contributed by atoms with van der Waals surface area (Å²) in [6.07, 6.45) is 19.1. The van der Waals surface area contributed by atoms with Crippen LogP contribution >= 0.6 is 0 Å². The van der Waals surface area contributed by atoms with Crippen molar-refractivity contribution in [3.8, 4) is 0 Å². The molecule has 2 heteroatoms. The molecule has 1 heterocycles. The predicted molar refractivity (Wildman–Crippen MR) is 123 cm³/mol. The highest BCUT2D eigenvalue weighted by molar-refractivity contribution is 5.83. The number of hydrogen-bond donors (Lipinski definition) is 1. The van der Waals surface area contributed by atoms with Crippen molar-refractivity contribution < 1.29 is 0 Å². The summed E-state index contributed by atoms with van der Waals surface area (Å²) in [5.41, 5.74) is 6.97. The lowest BCUT2D eigenvalue weighted by molar-refractivity contribution is 0.883. The van der Waals surface area contributed by atoms with Crippen molar-refractivity contribution in [1.29, 1.82) is 0 Å². The van der Waals surface area contributed by atoms with Gasteiger partial charge in [-0.1, -0.05) is 66.8 Å². The van der Waals surface area contributed by atoms with E-state index in [1.165, 1.54) is 39.3 Å². The molecule has 29 heavy (non-hydrogen) atoms. The normalized spacial score (nSPS) is 30.4. The van der Waals surface area contributed by atoms with Crippen molar-refractivity contribution in [2.45, 2.75) is 33.1 Å². The van der Waals surface area contributed by atoms with Crippen LogP contribution in [0.15, 0.2) is 88.1 Å². The Hall–Kier alpha value is -2.87. The van der Waals surface area contributed by atoms with E-state index in [-0.39, 0.29) is 0 Å². The van der Waals surface area contributed by atoms with Gasteiger partial charge in [-0.2, -0.15) is 0 Å². The first-order valence-corrected chi connectivity index (χ1v) is 10.7. The van der Waals surface area contributed by atoms with Crippen LogP contribution in [0, 0.1) is 11.8 Å². The molecule has 1 saturated carbocycles. The number of allylic oxidation sites excluding steroid dienone is 8. The lowest BCUT2D eigenvalue weighted by Crippen LogP contribution is -2.31. The minimum absolute atomic E-state index is 0.718. The largest absolute Gasteiger partial charge is 0.344 e. The van der Waals surface area contributed by atoms with E-state index in [2.05, 4.69) is 91.0 Å². The predicted octanol–water partition coefficient (Wildman–Crippen LogP) is 4.32. The number of hydrogen-bond acceptors (Lipinski definition) is 2. The van der Waals surface area contributed by atoms with Crippen LogP contribution in [-0.4, -0.2) is 12.4 Å². The minimum Gasteiger partial charge on any atom is -0.344 e. The van der Waals surface area contributed by atoms with E-state index < -0.39 is 0 Å². The molecule has 1 fully saturated rings. The summed E-state index contributed by atoms with van der Waals surface area (Å²) in [6, 6.07) is 8.93. The highest BCUT2D eigenvalue weighted by Crippen LogP contribution is 2.50. The van der Waals surface area contributed by atoms with E-state index in [4.69, 9.17) is 0 Å². The van der Waals surface area contributed by atoms with Crippen LogP contribution in [0.2, 0.25) is 0 Å². The van der Waals surface area contributed by atoms with Crippen molar-refractivity contribution in [2.24, 2.45) is 16.8 Å². The summed E-state index contributed by atoms with van der Waals surface area (Å²) in [6.45, 7) is 4.95. The first kappa shape index (κ1) is 18.2. The molecule has 0 radical (unpaired) electrons. The smallest absolute Gasteiger partial charge is 0.0979 e. The number of aliphatic imine (C=N–C) groups is 1. The molecule has 2 unspecified atom stereocenters. The molecule has 1 aromatic carbocycles. The molecule has 0 spiro atoms. The van der Waals surface area contributed by atoms with Gasteiger partial charge in [0.05, 0.1) is 12.4 Å². The quantitative estimate of drug-likeness (QED) is 0.812. The van der Waals surface area contributed by atoms with Crippen molar-refractivity contribution in [2.75, 3.05) is 6.54 Å². The van der Waals surface area contributed by atoms with Crippen LogP contribution in [0.3, 0.4) is 0 Å². The Morgan fingerprint density at radius 3 is 2.69 bits per heavy atom. The Labute approximate surface area is 173 Å². The number of nitrogens with one attached hydrogen (secondary N) is 1. The summed E-state index contributed by atoms with van der Waals surface area (Å²) in [5, 5.41) is 6.45. The average molecular weight is 381 g/mol. The summed E-state index contributed by atoms with van der Waals surface area (Å²) >= 11 is 0. The topological polar surface area (TPSA) is 24.4 Å². The van der Waals surface area contributed by atoms with E-state index in [0.29, 0.717) is 0 Å². The second-order valence-electron chi connectivity index (χ2n) is 8.45. The molecule has 1 aromatic rings. The first-order valence-electron chi connectivity index (χ1n) is 10.7. The van der Waals surface area contributed by atoms with Gasteiger partial charge in [-0.25, -0.2) is 0 Å². The maximum Gasteiger partial charge on any atom is 0.0979 e. The van der Waals surface area contributed by atoms with E-state index in [9.17, 15) is 0 Å². The molecule has 5 rings (SSSR count). The third-order valence-corrected chi connectivity index (χ3v) is 6.40. The molecule has 4 aliphatic rings. The van der Waals surface area contributed by atoms with Gasteiger partial charge in [-0.05, 0) is 77.7 Å². The van der Waals surface area contributed by atoms with Crippen molar-refractivity contribution in [3.63, 3.8) is 0 Å². The lowest BCUT2D eigenvalue weighted by Gasteiger charge is -2.22. The van der Waals surface area contributed by atoms with Crippen LogP contribution in [0.5, 0.6) is 0 Å². The zero-order valence-electron chi connectivity index (χ0n) is 17.3. The molecule has 0 bridgehead atoms. The zero-order chi connectivity index (χ0) is 19.8. The Balaban J connectivity index is 1.54. The standard InChI is InChI=1S/C27H28N2/c1-18-8-4-3-7-15-28-19(2)29-27(18)21-13-11-20(12-14-21)26-24-10-6-5-9-22(24)16-23-17-25(23)26/h3-11,13,16,23,25H,12,14-15,17H2,1-2H3,(H,28,29)/b7-3+,8-4-,27-18+. The highest BCUT2D eigenvalue weighted by atomic mass is 15.0. The molecule has 2 atom stereocenters. The highest BCUT2D eigenvalue weighted by Gasteiger charge is 2.41. The minimum atomic E-state index is 0.718. The average Bonchev–Trinajstić information content (AvgIpc) is 3.51. The van der Waals surface area contributed by atoms with Crippen molar-refractivity contribution in [3.05, 3.63) is 93.6 Å². The SMILES string of the molecule is CC1=NC/C=C/C=C\C(C)=C(/C2=CC=C(C3=c4ccccc4=CC4CC34)CC2)N1. The van der Waals surface area contributed by atoms with Gasteiger partial charge in [0, 0.05) is 5.70 Å². The summed E-state index contributed by atoms with van der Waals surface area (Å²) in [4.78, 5) is 4.59. The van der Waals surface area contributed by atoms with Gasteiger partial charge in [-0.15, -0.1) is 0 Å². The van der Waals surface area contributed by atoms with Gasteiger partial charge in [0.2, 0.25) is 0 Å². The Kier molecular flexibility index (Phi) is 4.71. The third-order valence-electron chi connectivity index (χ3n) is 6.40. The second-order valence-corrected chi connectivity index (χ2v) is 8.45. The van der Waals surface area contributed by atoms with E-state index in [0.717, 1.165) is 37.1 Å². The Morgan fingerprint density at radius 1 is 1.00 bits per heavy atom. The van der Waals surface area contributed by atoms with Crippen LogP contribution in [0.25, 0.3) is 11.6 Å². The van der Waals surface area contributed by atoms with Crippen LogP contribution in [-0.2, 0) is 0 Å². The molecule has 0 aromatic heterocycles. The number of rotatable bonds is 2. The number of nitrogens with zero attached hydrogens (tertiary/aromatic N) is 1. The fraction of sp³-hybridized carbons (Fsp3) is 0.296. The third kappa shape index (κ3) is 3.60. The Bertz CT molecular complexity index is 1150. The monoisotopic (exact) mass is 380 g/mol. The summed E-state index contributed by atoms with van der Waals surface area (Å²) < 4.78 is 0. The van der Waals surface area contributed by atoms with E-state index in [1.807, 2.05) is 0 Å². The van der Waals surface area contributed by atoms with Crippen molar-refractivity contribution in [1.82, 2.24) is 5.32 Å². The van der Waals surface area contributed by atoms with Gasteiger partial charge in [0.15, 0.2) is 0 Å². The lowest BCUT2D eigenvalue weighted by atomic mass is 9.85. The zero-order valence-corrected chi connectivity index (χ0v) is 17.3. The fourth-order valence-corrected chi connectivity index (χ4v) is 4.79. The van der Waals surface area contributed by atoms with Gasteiger partial charge in [0.1, 0.15) is 0 Å². The number of fused-ring (bicyclic) bond motifs is 2. The van der Waals surface area contributed by atoms with Crippen LogP contribution in [0.1, 0.15) is 33.1 Å². The Morgan fingerprint density at radius 2 is 1.83 bits per heavy atom. The molecular weight excluding hydrogens is 352 g/mol. The maximum absolute atomic E-state index is 4.59. The molecular formula is C27H28N2. The maximum atomic E-state index is 4.59. The second kappa shape index (κ2) is 7.51. The number of amidine groups is 1. The fourth-order valence-electron chi connectivity index (χ4n) is 4.79. The first-order chi connectivity index (χ1) is 14.2. The molecule has 3 aliphatic carbocycles. The summed E-state index contributed by atoms with van der Waals surface area (Å²) in [7, 11) is 0. The van der Waals surface area contributed by atoms with Gasteiger partial charge in [-0.3, -0.25) is 4.99 Å². The van der Waals surface area contributed by atoms with E-state index in [1.54, 1.807) is 5.57 Å². The molecule has 1 aliphatic heterocycles. The molecule has 146 valence electrons. The van der Waals surface area contributed by atoms with Crippen molar-refractivity contribution >= 4 is 17.5 Å². The number of benzene rings is 1. The van der Waals surface area contributed by atoms with Gasteiger partial charge >= 0.3 is 0 Å². The molecule has 0 saturated heterocycles. The molecule has 2 nitrogen and oxygen atoms in total. The van der Waals surface area contributed by atoms with Crippen LogP contribution < -0.4 is 15.8 Å². The van der Waals surface area contributed by atoms with Crippen LogP contribution in [0.4, 0.5) is 0 Å². The molecule has 0 amide bonds. The van der Waals surface area contributed by atoms with Gasteiger partial charge in [0.25, 0.3) is 0 Å².